The second-order valence-electron chi connectivity index (χ2n) is 5.83. The molecule has 0 spiro atoms. The number of hydrogen-bond acceptors (Lipinski definition) is 4. The second-order valence-corrected chi connectivity index (χ2v) is 6.89. The Balaban J connectivity index is 1.68. The Kier molecular flexibility index (Phi) is 4.34. The molecule has 1 aliphatic rings. The fraction of sp³-hybridized carbons (Fsp3) is 0.562. The topological polar surface area (TPSA) is 28.2 Å². The SMILES string of the molecule is CC(c1nc2ccccc2s1)N(C)CC1CCNCC1. The van der Waals surface area contributed by atoms with Gasteiger partial charge in [-0.1, -0.05) is 12.1 Å². The average molecular weight is 289 g/mol. The summed E-state index contributed by atoms with van der Waals surface area (Å²) in [6, 6.07) is 8.83. The molecule has 4 heteroatoms. The van der Waals surface area contributed by atoms with Crippen molar-refractivity contribution in [2.75, 3.05) is 26.7 Å². The quantitative estimate of drug-likeness (QED) is 0.936. The van der Waals surface area contributed by atoms with Gasteiger partial charge in [0.15, 0.2) is 0 Å². The molecule has 0 aliphatic carbocycles. The van der Waals surface area contributed by atoms with Gasteiger partial charge >= 0.3 is 0 Å². The molecule has 1 unspecified atom stereocenters. The first-order valence-electron chi connectivity index (χ1n) is 7.50. The van der Waals surface area contributed by atoms with Gasteiger partial charge in [-0.2, -0.15) is 0 Å². The van der Waals surface area contributed by atoms with Crippen molar-refractivity contribution >= 4 is 21.6 Å². The van der Waals surface area contributed by atoms with Gasteiger partial charge in [-0.05, 0) is 58.0 Å². The molecule has 0 amide bonds. The average Bonchev–Trinajstić information content (AvgIpc) is 2.91. The third-order valence-corrected chi connectivity index (χ3v) is 5.54. The van der Waals surface area contributed by atoms with Crippen LogP contribution in [0.5, 0.6) is 0 Å². The molecule has 0 radical (unpaired) electrons. The molecule has 2 heterocycles. The molecule has 0 saturated carbocycles. The predicted molar refractivity (Wildman–Crippen MR) is 86.3 cm³/mol. The number of aromatic nitrogens is 1. The van der Waals surface area contributed by atoms with E-state index in [9.17, 15) is 0 Å². The van der Waals surface area contributed by atoms with Crippen molar-refractivity contribution < 1.29 is 0 Å². The fourth-order valence-corrected chi connectivity index (χ4v) is 3.97. The number of nitrogens with one attached hydrogen (secondary N) is 1. The van der Waals surface area contributed by atoms with Crippen LogP contribution >= 0.6 is 11.3 Å². The highest BCUT2D eigenvalue weighted by Gasteiger charge is 2.20. The summed E-state index contributed by atoms with van der Waals surface area (Å²) in [5.74, 6) is 0.832. The third-order valence-electron chi connectivity index (χ3n) is 4.33. The van der Waals surface area contributed by atoms with Gasteiger partial charge in [-0.25, -0.2) is 4.98 Å². The fourth-order valence-electron chi connectivity index (χ4n) is 2.89. The maximum atomic E-state index is 4.79. The highest BCUT2D eigenvalue weighted by molar-refractivity contribution is 7.18. The summed E-state index contributed by atoms with van der Waals surface area (Å²) in [6.07, 6.45) is 2.60. The Morgan fingerprint density at radius 1 is 1.35 bits per heavy atom. The summed E-state index contributed by atoms with van der Waals surface area (Å²) in [4.78, 5) is 7.26. The van der Waals surface area contributed by atoms with Crippen LogP contribution in [0.15, 0.2) is 24.3 Å². The van der Waals surface area contributed by atoms with E-state index in [1.807, 2.05) is 11.3 Å². The second kappa shape index (κ2) is 6.20. The summed E-state index contributed by atoms with van der Waals surface area (Å²) >= 11 is 1.83. The lowest BCUT2D eigenvalue weighted by atomic mass is 9.97. The maximum absolute atomic E-state index is 4.79. The lowest BCUT2D eigenvalue weighted by Crippen LogP contribution is -2.35. The van der Waals surface area contributed by atoms with E-state index in [0.717, 1.165) is 11.4 Å². The van der Waals surface area contributed by atoms with Gasteiger partial charge in [-0.15, -0.1) is 11.3 Å². The van der Waals surface area contributed by atoms with Crippen LogP contribution in [0, 0.1) is 5.92 Å². The van der Waals surface area contributed by atoms with Gasteiger partial charge in [-0.3, -0.25) is 4.90 Å². The van der Waals surface area contributed by atoms with Crippen LogP contribution in [-0.4, -0.2) is 36.6 Å². The van der Waals surface area contributed by atoms with Gasteiger partial charge < -0.3 is 5.32 Å². The largest absolute Gasteiger partial charge is 0.317 e. The van der Waals surface area contributed by atoms with Crippen LogP contribution in [-0.2, 0) is 0 Å². The van der Waals surface area contributed by atoms with Gasteiger partial charge in [0.05, 0.1) is 16.3 Å². The molecular formula is C16H23N3S. The minimum Gasteiger partial charge on any atom is -0.317 e. The van der Waals surface area contributed by atoms with Crippen molar-refractivity contribution in [3.8, 4) is 0 Å². The van der Waals surface area contributed by atoms with Crippen molar-refractivity contribution in [2.45, 2.75) is 25.8 Å². The monoisotopic (exact) mass is 289 g/mol. The van der Waals surface area contributed by atoms with Crippen molar-refractivity contribution in [1.82, 2.24) is 15.2 Å². The van der Waals surface area contributed by atoms with Crippen LogP contribution in [0.4, 0.5) is 0 Å². The molecule has 1 saturated heterocycles. The van der Waals surface area contributed by atoms with E-state index in [0.29, 0.717) is 6.04 Å². The van der Waals surface area contributed by atoms with Crippen molar-refractivity contribution in [3.05, 3.63) is 29.3 Å². The summed E-state index contributed by atoms with van der Waals surface area (Å²) in [5.41, 5.74) is 1.13. The standard InChI is InChI=1S/C16H23N3S/c1-12(19(2)11-13-7-9-17-10-8-13)16-18-14-5-3-4-6-15(14)20-16/h3-6,12-13,17H,7-11H2,1-2H3. The summed E-state index contributed by atoms with van der Waals surface area (Å²) in [6.45, 7) is 5.81. The molecule has 3 nitrogen and oxygen atoms in total. The Labute approximate surface area is 125 Å². The molecule has 1 aromatic carbocycles. The van der Waals surface area contributed by atoms with E-state index >= 15 is 0 Å². The number of thiazole rings is 1. The normalized spacial score (nSPS) is 18.8. The number of benzene rings is 1. The van der Waals surface area contributed by atoms with Crippen molar-refractivity contribution in [1.29, 1.82) is 0 Å². The molecule has 1 fully saturated rings. The van der Waals surface area contributed by atoms with E-state index in [4.69, 9.17) is 4.98 Å². The van der Waals surface area contributed by atoms with Crippen molar-refractivity contribution in [2.24, 2.45) is 5.92 Å². The highest BCUT2D eigenvalue weighted by atomic mass is 32.1. The van der Waals surface area contributed by atoms with Gasteiger partial charge in [0.1, 0.15) is 5.01 Å². The van der Waals surface area contributed by atoms with E-state index in [-0.39, 0.29) is 0 Å². The lowest BCUT2D eigenvalue weighted by molar-refractivity contribution is 0.196. The number of rotatable bonds is 4. The first-order valence-corrected chi connectivity index (χ1v) is 8.32. The number of piperidine rings is 1. The van der Waals surface area contributed by atoms with E-state index in [1.165, 1.54) is 42.2 Å². The van der Waals surface area contributed by atoms with E-state index < -0.39 is 0 Å². The minimum absolute atomic E-state index is 0.405. The minimum atomic E-state index is 0.405. The van der Waals surface area contributed by atoms with Gasteiger partial charge in [0.2, 0.25) is 0 Å². The van der Waals surface area contributed by atoms with Crippen LogP contribution in [0.3, 0.4) is 0 Å². The number of para-hydroxylation sites is 1. The molecule has 2 aromatic rings. The molecule has 108 valence electrons. The number of hydrogen-bond donors (Lipinski definition) is 1. The number of fused-ring (bicyclic) bond motifs is 1. The summed E-state index contributed by atoms with van der Waals surface area (Å²) in [7, 11) is 2.23. The van der Waals surface area contributed by atoms with E-state index in [2.05, 4.69) is 48.5 Å². The molecule has 20 heavy (non-hydrogen) atoms. The van der Waals surface area contributed by atoms with Crippen LogP contribution in [0.2, 0.25) is 0 Å². The lowest BCUT2D eigenvalue weighted by Gasteiger charge is -2.30. The molecular weight excluding hydrogens is 266 g/mol. The molecule has 1 atom stereocenters. The zero-order chi connectivity index (χ0) is 13.9. The molecule has 1 N–H and O–H groups in total. The Morgan fingerprint density at radius 3 is 2.85 bits per heavy atom. The summed E-state index contributed by atoms with van der Waals surface area (Å²) in [5, 5.41) is 4.68. The zero-order valence-electron chi connectivity index (χ0n) is 12.3. The van der Waals surface area contributed by atoms with E-state index in [1.54, 1.807) is 0 Å². The molecule has 1 aliphatic heterocycles. The van der Waals surface area contributed by atoms with Crippen LogP contribution in [0.1, 0.15) is 30.8 Å². The Hall–Kier alpha value is -0.970. The van der Waals surface area contributed by atoms with Crippen molar-refractivity contribution in [3.63, 3.8) is 0 Å². The Bertz CT molecular complexity index is 527. The predicted octanol–water partition coefficient (Wildman–Crippen LogP) is 3.29. The summed E-state index contributed by atoms with van der Waals surface area (Å²) < 4.78 is 1.30. The molecule has 3 rings (SSSR count). The zero-order valence-corrected chi connectivity index (χ0v) is 13.1. The maximum Gasteiger partial charge on any atom is 0.111 e. The van der Waals surface area contributed by atoms with Gasteiger partial charge in [0, 0.05) is 6.54 Å². The van der Waals surface area contributed by atoms with Crippen LogP contribution in [0.25, 0.3) is 10.2 Å². The molecule has 0 bridgehead atoms. The number of nitrogens with zero attached hydrogens (tertiary/aromatic N) is 2. The van der Waals surface area contributed by atoms with Crippen LogP contribution < -0.4 is 5.32 Å². The third kappa shape index (κ3) is 3.03. The Morgan fingerprint density at radius 2 is 2.10 bits per heavy atom. The molecule has 1 aromatic heterocycles. The first-order chi connectivity index (χ1) is 9.74. The first kappa shape index (κ1) is 14.0. The smallest absolute Gasteiger partial charge is 0.111 e. The highest BCUT2D eigenvalue weighted by Crippen LogP contribution is 2.29. The van der Waals surface area contributed by atoms with Gasteiger partial charge in [0.25, 0.3) is 0 Å².